The molecule has 0 aromatic heterocycles. The predicted molar refractivity (Wildman–Crippen MR) is 117 cm³/mol. The van der Waals surface area contributed by atoms with E-state index in [1.54, 1.807) is 54.6 Å². The van der Waals surface area contributed by atoms with Gasteiger partial charge in [-0.3, -0.25) is 9.69 Å². The Bertz CT molecular complexity index is 1170. The summed E-state index contributed by atoms with van der Waals surface area (Å²) in [6.07, 6.45) is -5.79. The maximum Gasteiger partial charge on any atom is 0.416 e. The topological polar surface area (TPSA) is 70.0 Å². The van der Waals surface area contributed by atoms with E-state index in [2.05, 4.69) is 0 Å². The second-order valence-electron chi connectivity index (χ2n) is 7.51. The van der Waals surface area contributed by atoms with Crippen molar-refractivity contribution in [3.63, 3.8) is 0 Å². The first kappa shape index (κ1) is 22.4. The molecule has 1 heterocycles. The highest BCUT2D eigenvalue weighted by atomic mass is 19.4. The first-order valence-corrected chi connectivity index (χ1v) is 10.0. The van der Waals surface area contributed by atoms with Crippen molar-refractivity contribution < 1.29 is 32.9 Å². The number of rotatable bonds is 5. The van der Waals surface area contributed by atoms with Crippen molar-refractivity contribution in [1.82, 2.24) is 0 Å². The Morgan fingerprint density at radius 1 is 0.939 bits per heavy atom. The molecule has 1 aliphatic heterocycles. The molecule has 0 aliphatic carbocycles. The SMILES string of the molecule is COc1ccc(N2C(=O)C(O)=C(c3ccc(C(F)(F)F)cc3)C2[C@H](O)c2ccccc2)cc1. The highest BCUT2D eigenvalue weighted by Gasteiger charge is 2.45. The molecule has 0 saturated heterocycles. The van der Waals surface area contributed by atoms with Gasteiger partial charge in [0.1, 0.15) is 11.9 Å². The Labute approximate surface area is 188 Å². The van der Waals surface area contributed by atoms with E-state index in [0.29, 0.717) is 17.0 Å². The highest BCUT2D eigenvalue weighted by molar-refractivity contribution is 6.16. The number of aliphatic hydroxyl groups is 2. The number of ether oxygens (including phenoxy) is 1. The Hall–Kier alpha value is -3.78. The molecule has 4 rings (SSSR count). The summed E-state index contributed by atoms with van der Waals surface area (Å²) < 4.78 is 44.2. The molecule has 2 N–H and O–H groups in total. The lowest BCUT2D eigenvalue weighted by Crippen LogP contribution is -2.39. The first-order chi connectivity index (χ1) is 15.7. The Kier molecular flexibility index (Phi) is 5.86. The average Bonchev–Trinajstić information content (AvgIpc) is 3.09. The predicted octanol–water partition coefficient (Wildman–Crippen LogP) is 5.13. The molecule has 0 spiro atoms. The number of aliphatic hydroxyl groups excluding tert-OH is 2. The lowest BCUT2D eigenvalue weighted by molar-refractivity contribution is -0.137. The van der Waals surface area contributed by atoms with Crippen LogP contribution in [0.3, 0.4) is 0 Å². The van der Waals surface area contributed by atoms with Crippen LogP contribution in [0.2, 0.25) is 0 Å². The van der Waals surface area contributed by atoms with E-state index in [1.807, 2.05) is 0 Å². The van der Waals surface area contributed by atoms with Gasteiger partial charge in [-0.15, -0.1) is 0 Å². The number of amides is 1. The molecule has 0 saturated carbocycles. The third-order valence-electron chi connectivity index (χ3n) is 5.56. The second-order valence-corrected chi connectivity index (χ2v) is 7.51. The Balaban J connectivity index is 1.83. The number of halogens is 3. The fraction of sp³-hybridized carbons (Fsp3) is 0.160. The minimum Gasteiger partial charge on any atom is -0.503 e. The Morgan fingerprint density at radius 3 is 2.09 bits per heavy atom. The molecule has 1 unspecified atom stereocenters. The van der Waals surface area contributed by atoms with Gasteiger partial charge in [-0.1, -0.05) is 42.5 Å². The minimum absolute atomic E-state index is 0.0425. The largest absolute Gasteiger partial charge is 0.503 e. The van der Waals surface area contributed by atoms with Gasteiger partial charge in [0.05, 0.1) is 18.7 Å². The van der Waals surface area contributed by atoms with Crippen LogP contribution in [0.25, 0.3) is 5.57 Å². The molecule has 3 aromatic carbocycles. The number of nitrogens with zero attached hydrogens (tertiary/aromatic N) is 1. The lowest BCUT2D eigenvalue weighted by atomic mass is 9.91. The summed E-state index contributed by atoms with van der Waals surface area (Å²) in [6.45, 7) is 0. The summed E-state index contributed by atoms with van der Waals surface area (Å²) in [5.41, 5.74) is 0.246. The molecule has 3 aromatic rings. The van der Waals surface area contributed by atoms with Crippen molar-refractivity contribution in [3.8, 4) is 5.75 Å². The molecule has 8 heteroatoms. The van der Waals surface area contributed by atoms with Gasteiger partial charge in [-0.05, 0) is 47.5 Å². The van der Waals surface area contributed by atoms with Gasteiger partial charge in [0.15, 0.2) is 5.76 Å². The first-order valence-electron chi connectivity index (χ1n) is 10.0. The fourth-order valence-electron chi connectivity index (χ4n) is 3.92. The quantitative estimate of drug-likeness (QED) is 0.560. The van der Waals surface area contributed by atoms with Crippen molar-refractivity contribution in [2.45, 2.75) is 18.3 Å². The van der Waals surface area contributed by atoms with Gasteiger partial charge in [-0.2, -0.15) is 13.2 Å². The molecule has 5 nitrogen and oxygen atoms in total. The number of methoxy groups -OCH3 is 1. The maximum atomic E-state index is 13.1. The summed E-state index contributed by atoms with van der Waals surface area (Å²) in [6, 6.07) is 18.0. The van der Waals surface area contributed by atoms with E-state index in [0.717, 1.165) is 12.1 Å². The van der Waals surface area contributed by atoms with Crippen LogP contribution in [0.15, 0.2) is 84.6 Å². The third kappa shape index (κ3) is 4.17. The van der Waals surface area contributed by atoms with Gasteiger partial charge in [0.2, 0.25) is 0 Å². The van der Waals surface area contributed by atoms with E-state index in [4.69, 9.17) is 4.74 Å². The lowest BCUT2D eigenvalue weighted by Gasteiger charge is -2.31. The highest BCUT2D eigenvalue weighted by Crippen LogP contribution is 2.42. The summed E-state index contributed by atoms with van der Waals surface area (Å²) in [5, 5.41) is 22.0. The van der Waals surface area contributed by atoms with Crippen LogP contribution in [0.4, 0.5) is 18.9 Å². The second kappa shape index (κ2) is 8.63. The third-order valence-corrected chi connectivity index (χ3v) is 5.56. The zero-order chi connectivity index (χ0) is 23.8. The van der Waals surface area contributed by atoms with Gasteiger partial charge >= 0.3 is 6.18 Å². The van der Waals surface area contributed by atoms with Gasteiger partial charge in [0.25, 0.3) is 5.91 Å². The smallest absolute Gasteiger partial charge is 0.416 e. The Morgan fingerprint density at radius 2 is 1.55 bits per heavy atom. The maximum absolute atomic E-state index is 13.1. The molecular formula is C25H20F3NO4. The standard InChI is InChI=1S/C25H20F3NO4/c1-33-19-13-11-18(12-14-19)29-21(22(30)16-5-3-2-4-6-16)20(23(31)24(29)32)15-7-9-17(10-8-15)25(26,27)28/h2-14,21-22,30-31H,1H3/t21?,22-/m1/s1. The number of hydrogen-bond donors (Lipinski definition) is 2. The summed E-state index contributed by atoms with van der Waals surface area (Å²) in [7, 11) is 1.49. The molecule has 2 atom stereocenters. The zero-order valence-corrected chi connectivity index (χ0v) is 17.5. The van der Waals surface area contributed by atoms with Crippen molar-refractivity contribution >= 4 is 17.2 Å². The molecule has 0 fully saturated rings. The molecule has 33 heavy (non-hydrogen) atoms. The molecule has 1 amide bonds. The molecule has 170 valence electrons. The summed E-state index contributed by atoms with van der Waals surface area (Å²) in [4.78, 5) is 14.3. The van der Waals surface area contributed by atoms with Crippen LogP contribution in [-0.4, -0.2) is 29.3 Å². The van der Waals surface area contributed by atoms with Crippen LogP contribution in [0.5, 0.6) is 5.75 Å². The molecule has 0 radical (unpaired) electrons. The van der Waals surface area contributed by atoms with Gasteiger partial charge in [0, 0.05) is 11.3 Å². The molecular weight excluding hydrogens is 435 g/mol. The number of carbonyl (C=O) groups is 1. The minimum atomic E-state index is -4.53. The zero-order valence-electron chi connectivity index (χ0n) is 17.5. The van der Waals surface area contributed by atoms with Crippen LogP contribution in [0.1, 0.15) is 22.8 Å². The van der Waals surface area contributed by atoms with Crippen LogP contribution in [0, 0.1) is 0 Å². The van der Waals surface area contributed by atoms with E-state index in [9.17, 15) is 28.2 Å². The van der Waals surface area contributed by atoms with Crippen molar-refractivity contribution in [3.05, 3.63) is 101 Å². The monoisotopic (exact) mass is 455 g/mol. The summed E-state index contributed by atoms with van der Waals surface area (Å²) >= 11 is 0. The fourth-order valence-corrected chi connectivity index (χ4v) is 3.92. The molecule has 0 bridgehead atoms. The van der Waals surface area contributed by atoms with Crippen LogP contribution in [-0.2, 0) is 11.0 Å². The van der Waals surface area contributed by atoms with Gasteiger partial charge < -0.3 is 14.9 Å². The van der Waals surface area contributed by atoms with E-state index < -0.39 is 35.6 Å². The number of anilines is 1. The normalized spacial score (nSPS) is 17.4. The van der Waals surface area contributed by atoms with Crippen molar-refractivity contribution in [1.29, 1.82) is 0 Å². The van der Waals surface area contributed by atoms with Crippen molar-refractivity contribution in [2.75, 3.05) is 12.0 Å². The van der Waals surface area contributed by atoms with Gasteiger partial charge in [-0.25, -0.2) is 0 Å². The summed E-state index contributed by atoms with van der Waals surface area (Å²) in [5.74, 6) is -0.855. The van der Waals surface area contributed by atoms with Crippen molar-refractivity contribution in [2.24, 2.45) is 0 Å². The number of carbonyl (C=O) groups excluding carboxylic acids is 1. The number of benzene rings is 3. The average molecular weight is 455 g/mol. The van der Waals surface area contributed by atoms with Crippen LogP contribution >= 0.6 is 0 Å². The van der Waals surface area contributed by atoms with E-state index >= 15 is 0 Å². The number of hydrogen-bond acceptors (Lipinski definition) is 4. The molecule has 1 aliphatic rings. The van der Waals surface area contributed by atoms with E-state index in [-0.39, 0.29) is 11.1 Å². The van der Waals surface area contributed by atoms with E-state index in [1.165, 1.54) is 24.1 Å². The van der Waals surface area contributed by atoms with Crippen LogP contribution < -0.4 is 9.64 Å². The number of alkyl halides is 3.